The molecule has 0 spiro atoms. The number of benzene rings is 1. The third kappa shape index (κ3) is 3.39. The molecule has 3 rings (SSSR count). The lowest BCUT2D eigenvalue weighted by molar-refractivity contribution is -0.121. The summed E-state index contributed by atoms with van der Waals surface area (Å²) in [4.78, 5) is 12.5. The first kappa shape index (κ1) is 17.1. The molecular formula is C17H25ClN2O2. The summed E-state index contributed by atoms with van der Waals surface area (Å²) in [5.41, 5.74) is 7.03. The Kier molecular flexibility index (Phi) is 5.35. The highest BCUT2D eigenvalue weighted by atomic mass is 35.5. The third-order valence-electron chi connectivity index (χ3n) is 4.78. The van der Waals surface area contributed by atoms with E-state index in [1.54, 1.807) is 0 Å². The molecule has 4 unspecified atom stereocenters. The molecule has 0 aliphatic heterocycles. The molecule has 3 N–H and O–H groups in total. The number of hydrogen-bond acceptors (Lipinski definition) is 3. The summed E-state index contributed by atoms with van der Waals surface area (Å²) in [6, 6.07) is 7.57. The topological polar surface area (TPSA) is 64.3 Å². The Hall–Kier alpha value is -1.26. The SMILES string of the molecule is CC(C)Oc1ccc(NC(=O)C2C3CCC(C3)C2N)cc1.Cl. The minimum absolute atomic E-state index is 0. The van der Waals surface area contributed by atoms with E-state index < -0.39 is 0 Å². The van der Waals surface area contributed by atoms with Crippen LogP contribution in [0.2, 0.25) is 0 Å². The Morgan fingerprint density at radius 3 is 2.41 bits per heavy atom. The first-order valence-corrected chi connectivity index (χ1v) is 7.88. The molecule has 1 aromatic rings. The Balaban J connectivity index is 0.00000176. The fourth-order valence-corrected chi connectivity index (χ4v) is 3.84. The monoisotopic (exact) mass is 324 g/mol. The number of nitrogens with two attached hydrogens (primary N) is 1. The molecule has 4 atom stereocenters. The van der Waals surface area contributed by atoms with Crippen LogP contribution in [-0.4, -0.2) is 18.1 Å². The van der Waals surface area contributed by atoms with E-state index in [1.165, 1.54) is 6.42 Å². The number of hydrogen-bond donors (Lipinski definition) is 2. The van der Waals surface area contributed by atoms with Crippen molar-refractivity contribution in [2.45, 2.75) is 45.3 Å². The highest BCUT2D eigenvalue weighted by Crippen LogP contribution is 2.47. The van der Waals surface area contributed by atoms with Crippen LogP contribution in [0.4, 0.5) is 5.69 Å². The maximum absolute atomic E-state index is 12.5. The van der Waals surface area contributed by atoms with Crippen molar-refractivity contribution in [2.75, 3.05) is 5.32 Å². The van der Waals surface area contributed by atoms with E-state index in [-0.39, 0.29) is 36.4 Å². The lowest BCUT2D eigenvalue weighted by atomic mass is 9.84. The zero-order chi connectivity index (χ0) is 15.0. The quantitative estimate of drug-likeness (QED) is 0.893. The van der Waals surface area contributed by atoms with Gasteiger partial charge in [-0.3, -0.25) is 4.79 Å². The molecule has 2 fully saturated rings. The summed E-state index contributed by atoms with van der Waals surface area (Å²) < 4.78 is 5.60. The molecule has 4 nitrogen and oxygen atoms in total. The van der Waals surface area contributed by atoms with E-state index in [0.717, 1.165) is 24.3 Å². The van der Waals surface area contributed by atoms with E-state index in [4.69, 9.17) is 10.5 Å². The molecule has 0 aromatic heterocycles. The molecule has 2 aliphatic rings. The van der Waals surface area contributed by atoms with Crippen LogP contribution in [0.25, 0.3) is 0 Å². The van der Waals surface area contributed by atoms with Crippen LogP contribution in [0, 0.1) is 17.8 Å². The summed E-state index contributed by atoms with van der Waals surface area (Å²) in [7, 11) is 0. The third-order valence-corrected chi connectivity index (χ3v) is 4.78. The minimum Gasteiger partial charge on any atom is -0.491 e. The van der Waals surface area contributed by atoms with Gasteiger partial charge in [0.1, 0.15) is 5.75 Å². The van der Waals surface area contributed by atoms with Gasteiger partial charge >= 0.3 is 0 Å². The van der Waals surface area contributed by atoms with Crippen molar-refractivity contribution < 1.29 is 9.53 Å². The van der Waals surface area contributed by atoms with Gasteiger partial charge in [0.25, 0.3) is 0 Å². The van der Waals surface area contributed by atoms with E-state index in [9.17, 15) is 4.79 Å². The van der Waals surface area contributed by atoms with E-state index >= 15 is 0 Å². The molecule has 0 radical (unpaired) electrons. The molecule has 2 bridgehead atoms. The van der Waals surface area contributed by atoms with Crippen LogP contribution in [0.3, 0.4) is 0 Å². The Labute approximate surface area is 138 Å². The highest BCUT2D eigenvalue weighted by molar-refractivity contribution is 5.93. The van der Waals surface area contributed by atoms with Gasteiger partial charge in [-0.15, -0.1) is 12.4 Å². The molecule has 2 aliphatic carbocycles. The molecule has 2 saturated carbocycles. The smallest absolute Gasteiger partial charge is 0.229 e. The Morgan fingerprint density at radius 2 is 1.86 bits per heavy atom. The van der Waals surface area contributed by atoms with Crippen molar-refractivity contribution in [2.24, 2.45) is 23.5 Å². The van der Waals surface area contributed by atoms with Crippen LogP contribution in [0.15, 0.2) is 24.3 Å². The van der Waals surface area contributed by atoms with Crippen molar-refractivity contribution in [3.63, 3.8) is 0 Å². The van der Waals surface area contributed by atoms with Gasteiger partial charge in [-0.2, -0.15) is 0 Å². The normalized spacial score (nSPS) is 29.3. The second-order valence-electron chi connectivity index (χ2n) is 6.62. The average Bonchev–Trinajstić information content (AvgIpc) is 3.01. The predicted molar refractivity (Wildman–Crippen MR) is 90.4 cm³/mol. The van der Waals surface area contributed by atoms with E-state index in [2.05, 4.69) is 5.32 Å². The van der Waals surface area contributed by atoms with Crippen molar-refractivity contribution >= 4 is 24.0 Å². The fourth-order valence-electron chi connectivity index (χ4n) is 3.84. The molecular weight excluding hydrogens is 300 g/mol. The highest BCUT2D eigenvalue weighted by Gasteiger charge is 2.49. The number of halogens is 1. The second kappa shape index (κ2) is 6.88. The van der Waals surface area contributed by atoms with Crippen LogP contribution in [0.1, 0.15) is 33.1 Å². The molecule has 122 valence electrons. The fraction of sp³-hybridized carbons (Fsp3) is 0.588. The number of nitrogens with one attached hydrogen (secondary N) is 1. The van der Waals surface area contributed by atoms with Gasteiger partial charge in [-0.05, 0) is 69.2 Å². The molecule has 22 heavy (non-hydrogen) atoms. The number of anilines is 1. The number of fused-ring (bicyclic) bond motifs is 2. The Bertz CT molecular complexity index is 516. The first-order chi connectivity index (χ1) is 10.0. The van der Waals surface area contributed by atoms with Gasteiger partial charge in [0.05, 0.1) is 12.0 Å². The van der Waals surface area contributed by atoms with Gasteiger partial charge in [-0.25, -0.2) is 0 Å². The molecule has 5 heteroatoms. The number of amides is 1. The number of ether oxygens (including phenoxy) is 1. The summed E-state index contributed by atoms with van der Waals surface area (Å²) >= 11 is 0. The summed E-state index contributed by atoms with van der Waals surface area (Å²) in [5, 5.41) is 3.01. The summed E-state index contributed by atoms with van der Waals surface area (Å²) in [5.74, 6) is 1.91. The summed E-state index contributed by atoms with van der Waals surface area (Å²) in [6.07, 6.45) is 3.62. The summed E-state index contributed by atoms with van der Waals surface area (Å²) in [6.45, 7) is 3.98. The van der Waals surface area contributed by atoms with Gasteiger partial charge in [-0.1, -0.05) is 0 Å². The number of carbonyl (C=O) groups excluding carboxylic acids is 1. The number of rotatable bonds is 4. The van der Waals surface area contributed by atoms with Gasteiger partial charge in [0.2, 0.25) is 5.91 Å². The van der Waals surface area contributed by atoms with Crippen molar-refractivity contribution in [3.05, 3.63) is 24.3 Å². The van der Waals surface area contributed by atoms with Crippen molar-refractivity contribution in [1.29, 1.82) is 0 Å². The first-order valence-electron chi connectivity index (χ1n) is 7.88. The minimum atomic E-state index is -0.0182. The predicted octanol–water partition coefficient (Wildman–Crippen LogP) is 3.21. The van der Waals surface area contributed by atoms with E-state index in [1.807, 2.05) is 38.1 Å². The molecule has 1 amide bonds. The standard InChI is InChI=1S/C17H24N2O2.ClH/c1-10(2)21-14-7-5-13(6-8-14)19-17(20)15-11-3-4-12(9-11)16(15)18;/h5-8,10-12,15-16H,3-4,9,18H2,1-2H3,(H,19,20);1H. The Morgan fingerprint density at radius 1 is 1.23 bits per heavy atom. The van der Waals surface area contributed by atoms with Crippen LogP contribution in [0.5, 0.6) is 5.75 Å². The zero-order valence-corrected chi connectivity index (χ0v) is 13.9. The van der Waals surface area contributed by atoms with Gasteiger partial charge in [0, 0.05) is 11.7 Å². The molecule has 0 saturated heterocycles. The molecule has 1 aromatic carbocycles. The largest absolute Gasteiger partial charge is 0.491 e. The van der Waals surface area contributed by atoms with Crippen LogP contribution >= 0.6 is 12.4 Å². The lowest BCUT2D eigenvalue weighted by Crippen LogP contribution is -2.42. The number of carbonyl (C=O) groups is 1. The van der Waals surface area contributed by atoms with Gasteiger partial charge < -0.3 is 15.8 Å². The van der Waals surface area contributed by atoms with E-state index in [0.29, 0.717) is 11.8 Å². The zero-order valence-electron chi connectivity index (χ0n) is 13.1. The molecule has 0 heterocycles. The van der Waals surface area contributed by atoms with Crippen molar-refractivity contribution in [1.82, 2.24) is 0 Å². The average molecular weight is 325 g/mol. The lowest BCUT2D eigenvalue weighted by Gasteiger charge is -2.27. The maximum Gasteiger partial charge on any atom is 0.229 e. The second-order valence-corrected chi connectivity index (χ2v) is 6.62. The van der Waals surface area contributed by atoms with Crippen molar-refractivity contribution in [3.8, 4) is 5.75 Å². The maximum atomic E-state index is 12.5. The van der Waals surface area contributed by atoms with Crippen LogP contribution < -0.4 is 15.8 Å². The van der Waals surface area contributed by atoms with Gasteiger partial charge in [0.15, 0.2) is 0 Å². The van der Waals surface area contributed by atoms with Crippen LogP contribution in [-0.2, 0) is 4.79 Å².